The topological polar surface area (TPSA) is 74.3 Å². The monoisotopic (exact) mass is 308 g/mol. The number of thioether (sulfide) groups is 1. The molecule has 114 valence electrons. The average Bonchev–Trinajstić information content (AvgIpc) is 2.50. The minimum absolute atomic E-state index is 0.0865. The zero-order valence-electron chi connectivity index (χ0n) is 12.1. The van der Waals surface area contributed by atoms with Crippen LogP contribution >= 0.6 is 11.8 Å². The van der Waals surface area contributed by atoms with E-state index in [0.29, 0.717) is 12.4 Å². The highest BCUT2D eigenvalue weighted by atomic mass is 32.2. The first-order chi connectivity index (χ1) is 10.1. The maximum absolute atomic E-state index is 11.8. The van der Waals surface area contributed by atoms with Crippen LogP contribution in [0.3, 0.4) is 0 Å². The predicted molar refractivity (Wildman–Crippen MR) is 84.5 cm³/mol. The fourth-order valence-corrected chi connectivity index (χ4v) is 2.81. The summed E-state index contributed by atoms with van der Waals surface area (Å²) in [5.41, 5.74) is 1.04. The van der Waals surface area contributed by atoms with Crippen molar-refractivity contribution in [3.05, 3.63) is 23.9 Å². The molecule has 0 saturated carbocycles. The average molecular weight is 308 g/mol. The summed E-state index contributed by atoms with van der Waals surface area (Å²) in [7, 11) is 0. The van der Waals surface area contributed by atoms with Gasteiger partial charge in [-0.15, -0.1) is 0 Å². The number of amides is 3. The molecule has 0 aliphatic carbocycles. The Labute approximate surface area is 128 Å². The fraction of sp³-hybridized carbons (Fsp3) is 0.500. The number of aromatic nitrogens is 1. The van der Waals surface area contributed by atoms with Crippen LogP contribution in [0.25, 0.3) is 0 Å². The lowest BCUT2D eigenvalue weighted by molar-refractivity contribution is -0.116. The standard InChI is InChI=1S/C14H20N4O2S/c1-11-2-3-12(16-10-11)17-13(19)4-5-15-14(20)18-6-8-21-9-7-18/h2-3,10H,4-9H2,1H3,(H,15,20)(H,16,17,19). The van der Waals surface area contributed by atoms with Crippen LogP contribution in [-0.4, -0.2) is 53.0 Å². The van der Waals surface area contributed by atoms with E-state index in [4.69, 9.17) is 0 Å². The molecule has 6 nitrogen and oxygen atoms in total. The van der Waals surface area contributed by atoms with Crippen LogP contribution in [0, 0.1) is 6.92 Å². The summed E-state index contributed by atoms with van der Waals surface area (Å²) in [5.74, 6) is 2.34. The van der Waals surface area contributed by atoms with Crippen LogP contribution < -0.4 is 10.6 Å². The number of carbonyl (C=O) groups excluding carboxylic acids is 2. The van der Waals surface area contributed by atoms with Crippen molar-refractivity contribution in [1.29, 1.82) is 0 Å². The summed E-state index contributed by atoms with van der Waals surface area (Å²) in [6, 6.07) is 3.56. The number of hydrogen-bond acceptors (Lipinski definition) is 4. The molecule has 0 radical (unpaired) electrons. The minimum Gasteiger partial charge on any atom is -0.337 e. The molecule has 3 amide bonds. The van der Waals surface area contributed by atoms with Gasteiger partial charge in [0.2, 0.25) is 5.91 Å². The molecule has 0 atom stereocenters. The van der Waals surface area contributed by atoms with Gasteiger partial charge in [-0.25, -0.2) is 9.78 Å². The highest BCUT2D eigenvalue weighted by molar-refractivity contribution is 7.99. The van der Waals surface area contributed by atoms with Gasteiger partial charge in [0.1, 0.15) is 5.82 Å². The first kappa shape index (κ1) is 15.6. The van der Waals surface area contributed by atoms with Gasteiger partial charge in [0.05, 0.1) is 0 Å². The second-order valence-corrected chi connectivity index (χ2v) is 6.08. The van der Waals surface area contributed by atoms with E-state index in [2.05, 4.69) is 15.6 Å². The van der Waals surface area contributed by atoms with Gasteiger partial charge in [-0.05, 0) is 18.6 Å². The summed E-state index contributed by atoms with van der Waals surface area (Å²) < 4.78 is 0. The third-order valence-corrected chi connectivity index (χ3v) is 4.05. The number of urea groups is 1. The molecular formula is C14H20N4O2S. The van der Waals surface area contributed by atoms with Crippen molar-refractivity contribution in [2.45, 2.75) is 13.3 Å². The number of nitrogens with zero attached hydrogens (tertiary/aromatic N) is 2. The van der Waals surface area contributed by atoms with Gasteiger partial charge in [0, 0.05) is 43.8 Å². The van der Waals surface area contributed by atoms with Crippen LogP contribution in [0.5, 0.6) is 0 Å². The number of nitrogens with one attached hydrogen (secondary N) is 2. The third kappa shape index (κ3) is 5.26. The number of pyridine rings is 1. The minimum atomic E-state index is -0.152. The van der Waals surface area contributed by atoms with Crippen LogP contribution in [0.2, 0.25) is 0 Å². The maximum atomic E-state index is 11.8. The number of aryl methyl sites for hydroxylation is 1. The van der Waals surface area contributed by atoms with Gasteiger partial charge >= 0.3 is 6.03 Å². The van der Waals surface area contributed by atoms with E-state index in [1.807, 2.05) is 24.8 Å². The first-order valence-electron chi connectivity index (χ1n) is 6.98. The summed E-state index contributed by atoms with van der Waals surface area (Å²) >= 11 is 1.85. The number of anilines is 1. The van der Waals surface area contributed by atoms with Gasteiger partial charge in [0.25, 0.3) is 0 Å². The Bertz CT molecular complexity index is 486. The molecular weight excluding hydrogens is 288 g/mol. The van der Waals surface area contributed by atoms with Crippen molar-refractivity contribution in [2.75, 3.05) is 36.5 Å². The zero-order valence-corrected chi connectivity index (χ0v) is 12.9. The maximum Gasteiger partial charge on any atom is 0.317 e. The van der Waals surface area contributed by atoms with Gasteiger partial charge in [0.15, 0.2) is 0 Å². The molecule has 21 heavy (non-hydrogen) atoms. The molecule has 1 aliphatic heterocycles. The van der Waals surface area contributed by atoms with E-state index in [-0.39, 0.29) is 18.4 Å². The van der Waals surface area contributed by atoms with E-state index >= 15 is 0 Å². The van der Waals surface area contributed by atoms with Crippen molar-refractivity contribution >= 4 is 29.5 Å². The molecule has 2 heterocycles. The van der Waals surface area contributed by atoms with Crippen LogP contribution in [0.1, 0.15) is 12.0 Å². The third-order valence-electron chi connectivity index (χ3n) is 3.11. The molecule has 1 aromatic heterocycles. The lowest BCUT2D eigenvalue weighted by Crippen LogP contribution is -2.45. The lowest BCUT2D eigenvalue weighted by atomic mass is 10.3. The Morgan fingerprint density at radius 1 is 1.33 bits per heavy atom. The number of carbonyl (C=O) groups is 2. The highest BCUT2D eigenvalue weighted by Gasteiger charge is 2.16. The lowest BCUT2D eigenvalue weighted by Gasteiger charge is -2.26. The van der Waals surface area contributed by atoms with E-state index in [1.165, 1.54) is 0 Å². The second-order valence-electron chi connectivity index (χ2n) is 4.85. The SMILES string of the molecule is Cc1ccc(NC(=O)CCNC(=O)N2CCSCC2)nc1. The normalized spacial score (nSPS) is 14.6. The van der Waals surface area contributed by atoms with Crippen molar-refractivity contribution in [2.24, 2.45) is 0 Å². The zero-order chi connectivity index (χ0) is 15.1. The molecule has 1 fully saturated rings. The van der Waals surface area contributed by atoms with Gasteiger partial charge in [-0.3, -0.25) is 4.79 Å². The smallest absolute Gasteiger partial charge is 0.317 e. The predicted octanol–water partition coefficient (Wildman–Crippen LogP) is 1.48. The highest BCUT2D eigenvalue weighted by Crippen LogP contribution is 2.09. The summed E-state index contributed by atoms with van der Waals surface area (Å²) in [4.78, 5) is 29.5. The summed E-state index contributed by atoms with van der Waals surface area (Å²) in [6.45, 7) is 3.82. The van der Waals surface area contributed by atoms with Crippen molar-refractivity contribution in [3.63, 3.8) is 0 Å². The van der Waals surface area contributed by atoms with E-state index in [1.54, 1.807) is 17.2 Å². The second kappa shape index (κ2) is 7.87. The largest absolute Gasteiger partial charge is 0.337 e. The van der Waals surface area contributed by atoms with Crippen molar-refractivity contribution in [1.82, 2.24) is 15.2 Å². The van der Waals surface area contributed by atoms with Crippen molar-refractivity contribution in [3.8, 4) is 0 Å². The molecule has 0 spiro atoms. The Morgan fingerprint density at radius 3 is 2.76 bits per heavy atom. The molecule has 2 N–H and O–H groups in total. The number of rotatable bonds is 4. The van der Waals surface area contributed by atoms with E-state index in [9.17, 15) is 9.59 Å². The molecule has 1 aliphatic rings. The molecule has 0 aromatic carbocycles. The van der Waals surface area contributed by atoms with Gasteiger partial charge in [-0.2, -0.15) is 11.8 Å². The van der Waals surface area contributed by atoms with Crippen LogP contribution in [0.15, 0.2) is 18.3 Å². The number of hydrogen-bond donors (Lipinski definition) is 2. The van der Waals surface area contributed by atoms with Crippen molar-refractivity contribution < 1.29 is 9.59 Å². The van der Waals surface area contributed by atoms with Crippen LogP contribution in [-0.2, 0) is 4.79 Å². The Morgan fingerprint density at radius 2 is 2.10 bits per heavy atom. The molecule has 1 aromatic rings. The quantitative estimate of drug-likeness (QED) is 0.883. The Balaban J connectivity index is 1.66. The molecule has 7 heteroatoms. The van der Waals surface area contributed by atoms with Gasteiger partial charge < -0.3 is 15.5 Å². The van der Waals surface area contributed by atoms with Gasteiger partial charge in [-0.1, -0.05) is 6.07 Å². The van der Waals surface area contributed by atoms with Crippen LogP contribution in [0.4, 0.5) is 10.6 Å². The molecule has 2 rings (SSSR count). The van der Waals surface area contributed by atoms with E-state index in [0.717, 1.165) is 30.2 Å². The summed E-state index contributed by atoms with van der Waals surface area (Å²) in [5, 5.41) is 5.48. The Kier molecular flexibility index (Phi) is 5.86. The fourth-order valence-electron chi connectivity index (χ4n) is 1.91. The molecule has 0 bridgehead atoms. The van der Waals surface area contributed by atoms with E-state index < -0.39 is 0 Å². The summed E-state index contributed by atoms with van der Waals surface area (Å²) in [6.07, 6.45) is 1.94. The molecule has 0 unspecified atom stereocenters. The first-order valence-corrected chi connectivity index (χ1v) is 8.13. The molecule has 1 saturated heterocycles. The Hall–Kier alpha value is -1.76.